The van der Waals surface area contributed by atoms with E-state index in [1.54, 1.807) is 19.1 Å². The third-order valence-corrected chi connectivity index (χ3v) is 6.49. The highest BCUT2D eigenvalue weighted by molar-refractivity contribution is 6.49. The van der Waals surface area contributed by atoms with E-state index in [4.69, 9.17) is 4.43 Å². The highest BCUT2D eigenvalue weighted by Crippen LogP contribution is 2.55. The molecule has 0 fully saturated rings. The number of ketones is 1. The number of carbonyl (C=O) groups is 2. The van der Waals surface area contributed by atoms with Crippen molar-refractivity contribution in [1.29, 1.82) is 0 Å². The Morgan fingerprint density at radius 2 is 1.79 bits per heavy atom. The van der Waals surface area contributed by atoms with E-state index in [2.05, 4.69) is 33.9 Å². The second kappa shape index (κ2) is 7.45. The Labute approximate surface area is 174 Å². The molecule has 1 aliphatic carbocycles. The number of benzene rings is 2. The summed E-state index contributed by atoms with van der Waals surface area (Å²) >= 11 is 0. The Kier molecular flexibility index (Phi) is 5.47. The van der Waals surface area contributed by atoms with Crippen LogP contribution in [0.5, 0.6) is 5.75 Å². The van der Waals surface area contributed by atoms with Gasteiger partial charge in [0.15, 0.2) is 5.78 Å². The van der Waals surface area contributed by atoms with Crippen molar-refractivity contribution >= 4 is 20.8 Å². The minimum Gasteiger partial charge on any atom is -0.542 e. The fourth-order valence-corrected chi connectivity index (χ4v) is 4.93. The summed E-state index contributed by atoms with van der Waals surface area (Å²) in [5.74, 6) is -1.25. The molecule has 1 radical (unpaired) electrons. The zero-order chi connectivity index (χ0) is 21.6. The molecule has 0 spiro atoms. The molecule has 0 bridgehead atoms. The summed E-state index contributed by atoms with van der Waals surface area (Å²) in [5.41, 5.74) is 1.60. The van der Waals surface area contributed by atoms with Gasteiger partial charge in [0.25, 0.3) is 9.04 Å². The van der Waals surface area contributed by atoms with Crippen LogP contribution >= 0.6 is 0 Å². The Balaban J connectivity index is 2.31. The maximum atomic E-state index is 13.3. The second-order valence-electron chi connectivity index (χ2n) is 8.99. The second-order valence-corrected chi connectivity index (χ2v) is 11.0. The molecule has 0 saturated heterocycles. The van der Waals surface area contributed by atoms with Crippen LogP contribution in [0.2, 0.25) is 13.1 Å². The average Bonchev–Trinajstić information content (AvgIpc) is 2.90. The molecular weight excluding hydrogens is 380 g/mol. The van der Waals surface area contributed by atoms with Crippen LogP contribution in [0.1, 0.15) is 67.1 Å². The molecule has 4 nitrogen and oxygen atoms in total. The van der Waals surface area contributed by atoms with Gasteiger partial charge in [0.2, 0.25) is 0 Å². The summed E-state index contributed by atoms with van der Waals surface area (Å²) in [6.07, 6.45) is 0.219. The van der Waals surface area contributed by atoms with Crippen LogP contribution in [-0.2, 0) is 10.2 Å². The summed E-state index contributed by atoms with van der Waals surface area (Å²) in [6.45, 7) is 12.3. The zero-order valence-corrected chi connectivity index (χ0v) is 19.0. The van der Waals surface area contributed by atoms with Gasteiger partial charge in [-0.3, -0.25) is 9.59 Å². The topological polar surface area (TPSA) is 63.6 Å². The third-order valence-electron chi connectivity index (χ3n) is 5.86. The van der Waals surface area contributed by atoms with Crippen molar-refractivity contribution in [3.05, 3.63) is 64.7 Å². The molecule has 29 heavy (non-hydrogen) atoms. The van der Waals surface area contributed by atoms with E-state index in [0.717, 1.165) is 16.7 Å². The van der Waals surface area contributed by atoms with Gasteiger partial charge in [-0.25, -0.2) is 0 Å². The summed E-state index contributed by atoms with van der Waals surface area (Å²) in [6, 6.07) is 13.3. The molecule has 2 aromatic rings. The number of hydrogen-bond donors (Lipinski definition) is 1. The highest BCUT2D eigenvalue weighted by Gasteiger charge is 2.58. The first-order chi connectivity index (χ1) is 13.5. The monoisotopic (exact) mass is 409 g/mol. The van der Waals surface area contributed by atoms with Crippen LogP contribution in [0.3, 0.4) is 0 Å². The molecule has 0 aromatic heterocycles. The molecule has 2 aromatic carbocycles. The van der Waals surface area contributed by atoms with E-state index < -0.39 is 26.3 Å². The normalized spacial score (nSPS) is 21.3. The van der Waals surface area contributed by atoms with Crippen molar-refractivity contribution in [2.24, 2.45) is 5.41 Å². The van der Waals surface area contributed by atoms with Crippen LogP contribution in [0.4, 0.5) is 0 Å². The fourth-order valence-electron chi connectivity index (χ4n) is 4.31. The van der Waals surface area contributed by atoms with Crippen molar-refractivity contribution in [2.75, 3.05) is 0 Å². The number of Topliss-reactive ketones (excluding diaryl/α,β-unsaturated/α-hetero) is 1. The number of aliphatic carboxylic acids is 1. The van der Waals surface area contributed by atoms with E-state index >= 15 is 0 Å². The van der Waals surface area contributed by atoms with E-state index in [-0.39, 0.29) is 17.6 Å². The predicted molar refractivity (Wildman–Crippen MR) is 116 cm³/mol. The molecule has 5 heteroatoms. The van der Waals surface area contributed by atoms with Gasteiger partial charge < -0.3 is 9.53 Å². The summed E-state index contributed by atoms with van der Waals surface area (Å²) < 4.78 is 6.26. The van der Waals surface area contributed by atoms with Gasteiger partial charge in [-0.1, -0.05) is 64.1 Å². The molecule has 2 unspecified atom stereocenters. The molecule has 0 amide bonds. The Morgan fingerprint density at radius 1 is 1.14 bits per heavy atom. The van der Waals surface area contributed by atoms with Crippen LogP contribution in [0, 0.1) is 5.41 Å². The maximum Gasteiger partial charge on any atom is 0.318 e. The first kappa shape index (κ1) is 21.3. The van der Waals surface area contributed by atoms with E-state index in [0.29, 0.717) is 11.3 Å². The van der Waals surface area contributed by atoms with Crippen LogP contribution in [-0.4, -0.2) is 25.9 Å². The van der Waals surface area contributed by atoms with Gasteiger partial charge in [0, 0.05) is 17.0 Å². The lowest BCUT2D eigenvalue weighted by Gasteiger charge is -2.32. The Morgan fingerprint density at radius 3 is 2.34 bits per heavy atom. The molecule has 1 N–H and O–H groups in total. The lowest BCUT2D eigenvalue weighted by atomic mass is 9.69. The minimum absolute atomic E-state index is 0.0664. The number of rotatable bonds is 5. The van der Waals surface area contributed by atoms with Crippen molar-refractivity contribution in [2.45, 2.75) is 58.5 Å². The van der Waals surface area contributed by atoms with Gasteiger partial charge in [0.05, 0.1) is 0 Å². The number of carboxylic acid groups (broad SMARTS) is 1. The molecule has 1 aliphatic rings. The Hall–Kier alpha value is -2.40. The number of carbonyl (C=O) groups excluding carboxylic acids is 1. The number of carboxylic acids is 1. The lowest BCUT2D eigenvalue weighted by molar-refractivity contribution is -0.146. The van der Waals surface area contributed by atoms with Gasteiger partial charge in [-0.05, 0) is 42.1 Å². The maximum absolute atomic E-state index is 13.3. The minimum atomic E-state index is -1.51. The smallest absolute Gasteiger partial charge is 0.318 e. The Bertz CT molecular complexity index is 958. The predicted octanol–water partition coefficient (Wildman–Crippen LogP) is 5.42. The number of hydrogen-bond acceptors (Lipinski definition) is 3. The van der Waals surface area contributed by atoms with Gasteiger partial charge in [-0.15, -0.1) is 0 Å². The number of fused-ring (bicyclic) bond motifs is 1. The van der Waals surface area contributed by atoms with Crippen molar-refractivity contribution in [3.8, 4) is 5.75 Å². The van der Waals surface area contributed by atoms with E-state index in [1.165, 1.54) is 0 Å². The first-order valence-corrected chi connectivity index (χ1v) is 12.4. The molecular formula is C24H29O4Si. The average molecular weight is 410 g/mol. The van der Waals surface area contributed by atoms with Crippen molar-refractivity contribution < 1.29 is 19.1 Å². The molecule has 2 atom stereocenters. The summed E-state index contributed by atoms with van der Waals surface area (Å²) in [7, 11) is -1.09. The van der Waals surface area contributed by atoms with E-state index in [1.807, 2.05) is 30.3 Å². The SMILES string of the molecule is CCC1(C(=O)O)C(=O)c2ccccc2C1c1ccc(C(C)(C)C)cc1O[Si](C)C. The highest BCUT2D eigenvalue weighted by atomic mass is 28.3. The summed E-state index contributed by atoms with van der Waals surface area (Å²) in [5, 5.41) is 10.2. The first-order valence-electron chi connectivity index (χ1n) is 10.0. The van der Waals surface area contributed by atoms with Crippen LogP contribution in [0.25, 0.3) is 0 Å². The van der Waals surface area contributed by atoms with Crippen LogP contribution in [0.15, 0.2) is 42.5 Å². The summed E-state index contributed by atoms with van der Waals surface area (Å²) in [4.78, 5) is 25.8. The van der Waals surface area contributed by atoms with Gasteiger partial charge in [0.1, 0.15) is 11.2 Å². The third kappa shape index (κ3) is 3.42. The lowest BCUT2D eigenvalue weighted by Crippen LogP contribution is -2.40. The quantitative estimate of drug-likeness (QED) is 0.529. The van der Waals surface area contributed by atoms with Gasteiger partial charge >= 0.3 is 5.97 Å². The van der Waals surface area contributed by atoms with Gasteiger partial charge in [-0.2, -0.15) is 0 Å². The molecule has 3 rings (SSSR count). The van der Waals surface area contributed by atoms with E-state index in [9.17, 15) is 14.7 Å². The molecule has 153 valence electrons. The largest absolute Gasteiger partial charge is 0.542 e. The van der Waals surface area contributed by atoms with Crippen LogP contribution < -0.4 is 4.43 Å². The molecule has 0 aliphatic heterocycles. The van der Waals surface area contributed by atoms with Crippen molar-refractivity contribution in [1.82, 2.24) is 0 Å². The zero-order valence-electron chi connectivity index (χ0n) is 18.0. The van der Waals surface area contributed by atoms with Crippen molar-refractivity contribution in [3.63, 3.8) is 0 Å². The standard InChI is InChI=1S/C24H29O4Si/c1-7-24(22(26)27)20(16-10-8-9-11-17(16)21(24)25)18-13-12-15(23(2,3)4)14-19(18)28-29(5)6/h8-14,20H,7H2,1-6H3,(H,26,27). The molecule has 0 saturated carbocycles. The molecule has 0 heterocycles. The fraction of sp³-hybridized carbons (Fsp3) is 0.417.